The number of nitrogens with zero attached hydrogens (tertiary/aromatic N) is 3. The number of aromatic nitrogens is 1. The van der Waals surface area contributed by atoms with Crippen LogP contribution in [0.4, 0.5) is 9.18 Å². The van der Waals surface area contributed by atoms with E-state index in [-0.39, 0.29) is 36.9 Å². The average molecular weight is 820 g/mol. The number of fused-ring (bicyclic) bond motifs is 3. The number of halogens is 1. The van der Waals surface area contributed by atoms with Crippen molar-refractivity contribution in [3.8, 4) is 17.4 Å². The molecule has 3 heterocycles. The summed E-state index contributed by atoms with van der Waals surface area (Å²) < 4.78 is 59.4. The normalized spacial score (nSPS) is 27.6. The lowest BCUT2D eigenvalue weighted by Crippen LogP contribution is -2.59. The summed E-state index contributed by atoms with van der Waals surface area (Å²) >= 11 is 0. The van der Waals surface area contributed by atoms with E-state index < -0.39 is 80.5 Å². The highest BCUT2D eigenvalue weighted by Crippen LogP contribution is 2.48. The van der Waals surface area contributed by atoms with E-state index in [4.69, 9.17) is 14.2 Å². The van der Waals surface area contributed by atoms with Gasteiger partial charge in [-0.15, -0.1) is 0 Å². The summed E-state index contributed by atoms with van der Waals surface area (Å²) in [7, 11) is -2.70. The fraction of sp³-hybridized carbons (Fsp3) is 0.500. The van der Waals surface area contributed by atoms with Crippen molar-refractivity contribution in [2.24, 2.45) is 17.8 Å². The summed E-state index contributed by atoms with van der Waals surface area (Å²) in [6.45, 7) is 6.05. The summed E-state index contributed by atoms with van der Waals surface area (Å²) in [4.78, 5) is 62.9. The zero-order valence-electron chi connectivity index (χ0n) is 33.1. The molecule has 2 saturated carbocycles. The highest BCUT2D eigenvalue weighted by Gasteiger charge is 2.63. The number of carbonyl (C=O) groups excluding carboxylic acids is 4. The number of benzene rings is 2. The molecule has 1 saturated heterocycles. The van der Waals surface area contributed by atoms with Gasteiger partial charge in [0.1, 0.15) is 29.5 Å². The fourth-order valence-electron chi connectivity index (χ4n) is 8.23. The molecule has 2 aliphatic carbocycles. The van der Waals surface area contributed by atoms with Crippen LogP contribution in [0.15, 0.2) is 66.9 Å². The van der Waals surface area contributed by atoms with E-state index in [0.29, 0.717) is 49.8 Å². The zero-order chi connectivity index (χ0) is 41.4. The molecule has 3 fully saturated rings. The predicted molar refractivity (Wildman–Crippen MR) is 212 cm³/mol. The number of para-hydroxylation sites is 1. The van der Waals surface area contributed by atoms with E-state index in [1.165, 1.54) is 30.1 Å². The molecule has 2 N–H and O–H groups in total. The summed E-state index contributed by atoms with van der Waals surface area (Å²) in [5.41, 5.74) is -1.55. The third-order valence-electron chi connectivity index (χ3n) is 11.6. The maximum atomic E-state index is 14.9. The number of allylic oxidation sites excluding steroid dienone is 1. The van der Waals surface area contributed by atoms with E-state index in [1.807, 2.05) is 57.2 Å². The van der Waals surface area contributed by atoms with Crippen molar-refractivity contribution in [3.63, 3.8) is 0 Å². The quantitative estimate of drug-likeness (QED) is 0.276. The molecule has 3 aromatic rings. The molecular weight excluding hydrogens is 770 g/mol. The highest BCUT2D eigenvalue weighted by atomic mass is 32.2. The molecule has 7 rings (SSSR count). The average Bonchev–Trinajstić information content (AvgIpc) is 4.13. The Morgan fingerprint density at radius 1 is 1.03 bits per heavy atom. The van der Waals surface area contributed by atoms with Crippen molar-refractivity contribution in [3.05, 3.63) is 72.7 Å². The van der Waals surface area contributed by atoms with Gasteiger partial charge in [-0.05, 0) is 75.5 Å². The van der Waals surface area contributed by atoms with Crippen molar-refractivity contribution >= 4 is 44.6 Å². The van der Waals surface area contributed by atoms with Crippen LogP contribution in [0.1, 0.15) is 65.7 Å². The molecule has 1 aromatic heterocycles. The number of likely N-dealkylation sites (N-methyl/N-ethyl adjacent to an activating group) is 1. The van der Waals surface area contributed by atoms with Gasteiger partial charge in [0.2, 0.25) is 27.7 Å². The number of rotatable bonds is 9. The van der Waals surface area contributed by atoms with Crippen LogP contribution < -0.4 is 24.8 Å². The summed E-state index contributed by atoms with van der Waals surface area (Å²) in [5.74, 6) is -3.12. The summed E-state index contributed by atoms with van der Waals surface area (Å²) in [6, 6.07) is 10.4. The van der Waals surface area contributed by atoms with Gasteiger partial charge >= 0.3 is 6.09 Å². The first kappa shape index (κ1) is 40.9. The second-order valence-corrected chi connectivity index (χ2v) is 18.2. The minimum absolute atomic E-state index is 0.0149. The lowest BCUT2D eigenvalue weighted by atomic mass is 9.88. The molecule has 0 radical (unpaired) electrons. The number of pyridine rings is 1. The number of carbonyl (C=O) groups is 4. The third-order valence-corrected chi connectivity index (χ3v) is 13.9. The van der Waals surface area contributed by atoms with Crippen molar-refractivity contribution in [2.75, 3.05) is 20.2 Å². The first-order valence-electron chi connectivity index (χ1n) is 19.9. The second-order valence-electron chi connectivity index (χ2n) is 15.9. The van der Waals surface area contributed by atoms with Gasteiger partial charge in [-0.3, -0.25) is 14.4 Å². The number of ether oxygens (including phenoxy) is 3. The van der Waals surface area contributed by atoms with Crippen LogP contribution in [0.2, 0.25) is 0 Å². The van der Waals surface area contributed by atoms with Gasteiger partial charge in [-0.1, -0.05) is 56.3 Å². The van der Waals surface area contributed by atoms with E-state index >= 15 is 0 Å². The van der Waals surface area contributed by atoms with Gasteiger partial charge in [-0.2, -0.15) is 0 Å². The Hall–Kier alpha value is -5.25. The van der Waals surface area contributed by atoms with Gasteiger partial charge in [0.15, 0.2) is 11.6 Å². The first-order chi connectivity index (χ1) is 27.7. The Morgan fingerprint density at radius 3 is 2.48 bits per heavy atom. The van der Waals surface area contributed by atoms with Crippen LogP contribution in [-0.2, 0) is 24.4 Å². The molecule has 310 valence electrons. The van der Waals surface area contributed by atoms with Crippen molar-refractivity contribution < 1.29 is 46.2 Å². The lowest BCUT2D eigenvalue weighted by Gasteiger charge is -2.33. The predicted octanol–water partition coefficient (Wildman–Crippen LogP) is 5.12. The molecule has 4 amide bonds. The molecule has 0 unspecified atom stereocenters. The van der Waals surface area contributed by atoms with Crippen LogP contribution in [0.3, 0.4) is 0 Å². The Morgan fingerprint density at radius 2 is 1.76 bits per heavy atom. The number of hydrogen-bond acceptors (Lipinski definition) is 10. The minimum atomic E-state index is -3.93. The van der Waals surface area contributed by atoms with Gasteiger partial charge in [0.05, 0.1) is 24.6 Å². The molecule has 2 aliphatic heterocycles. The second kappa shape index (κ2) is 16.5. The third kappa shape index (κ3) is 8.34. The molecule has 14 nitrogen and oxygen atoms in total. The van der Waals surface area contributed by atoms with Crippen molar-refractivity contribution in [1.29, 1.82) is 0 Å². The topological polar surface area (TPSA) is 174 Å². The van der Waals surface area contributed by atoms with Crippen molar-refractivity contribution in [2.45, 2.75) is 94.7 Å². The van der Waals surface area contributed by atoms with Gasteiger partial charge in [0.25, 0.3) is 5.91 Å². The maximum Gasteiger partial charge on any atom is 0.413 e. The van der Waals surface area contributed by atoms with E-state index in [1.54, 1.807) is 6.20 Å². The summed E-state index contributed by atoms with van der Waals surface area (Å²) in [6.07, 6.45) is 6.47. The van der Waals surface area contributed by atoms with Crippen LogP contribution >= 0.6 is 0 Å². The maximum absolute atomic E-state index is 14.9. The Balaban J connectivity index is 1.23. The fourth-order valence-corrected chi connectivity index (χ4v) is 9.80. The first-order valence-corrected chi connectivity index (χ1v) is 21.4. The van der Waals surface area contributed by atoms with Crippen LogP contribution in [-0.4, -0.2) is 95.6 Å². The number of nitrogens with one attached hydrogen (secondary N) is 2. The van der Waals surface area contributed by atoms with E-state index in [0.717, 1.165) is 15.8 Å². The molecule has 2 aromatic carbocycles. The molecule has 0 bridgehead atoms. The summed E-state index contributed by atoms with van der Waals surface area (Å²) in [5, 5.41) is 6.35. The Bertz CT molecular complexity index is 2220. The molecule has 58 heavy (non-hydrogen) atoms. The van der Waals surface area contributed by atoms with Crippen molar-refractivity contribution in [1.82, 2.24) is 24.8 Å². The Labute approximate surface area is 337 Å². The lowest BCUT2D eigenvalue weighted by molar-refractivity contribution is -0.142. The van der Waals surface area contributed by atoms with Crippen LogP contribution in [0, 0.1) is 23.6 Å². The monoisotopic (exact) mass is 819 g/mol. The molecule has 0 spiro atoms. The van der Waals surface area contributed by atoms with Gasteiger partial charge in [0, 0.05) is 30.2 Å². The van der Waals surface area contributed by atoms with Gasteiger partial charge in [-0.25, -0.2) is 26.9 Å². The number of sulfonamides is 1. The SMILES string of the molecule is CCOc1cnc(O[C@@H]2C[C@H]3C(=O)N[C@]4(C(=O)N(C)S(=O)(=O)C5CC5)C[C@H]4C=CCC[C@@H](C)C[C@@H](C)[C@H](NC(=O)Oc4ccccc4F)C(=O)N3C2)c2ccccc12. The Kier molecular flexibility index (Phi) is 11.7. The molecule has 16 heteroatoms. The highest BCUT2D eigenvalue weighted by molar-refractivity contribution is 7.90. The standard InChI is InChI=1S/C42H50FN5O9S/c1-5-55-35-23-44-38(31-15-9-8-14-30(31)35)56-28-21-33-37(49)46-42(40(51)47(4)58(53,54)29-18-19-29)22-27(42)13-7-6-12-25(2)20-26(3)36(39(50)48(33)24-28)45-41(52)57-34-17-11-10-16-32(34)43/h7-11,13-17,23,25-29,33,36H,5-6,12,18-22,24H2,1-4H3,(H,45,52)(H,46,49)/t25-,26-,27-,28-,33+,36+,42-/m1/s1. The zero-order valence-corrected chi connectivity index (χ0v) is 33.9. The molecular formula is C42H50FN5O9S. The van der Waals surface area contributed by atoms with E-state index in [9.17, 15) is 32.0 Å². The van der Waals surface area contributed by atoms with Crippen LogP contribution in [0.5, 0.6) is 17.4 Å². The van der Waals surface area contributed by atoms with Crippen LogP contribution in [0.25, 0.3) is 10.8 Å². The number of amides is 4. The molecule has 4 aliphatic rings. The minimum Gasteiger partial charge on any atom is -0.492 e. The molecule has 7 atom stereocenters. The number of hydrogen-bond donors (Lipinski definition) is 2. The largest absolute Gasteiger partial charge is 0.492 e. The smallest absolute Gasteiger partial charge is 0.413 e. The van der Waals surface area contributed by atoms with Gasteiger partial charge < -0.3 is 29.7 Å². The van der Waals surface area contributed by atoms with E-state index in [2.05, 4.69) is 15.6 Å².